The average Bonchev–Trinajstić information content (AvgIpc) is 2.64. The van der Waals surface area contributed by atoms with E-state index >= 15 is 0 Å². The Hall–Kier alpha value is -0.820. The van der Waals surface area contributed by atoms with E-state index < -0.39 is 0 Å². The Kier molecular flexibility index (Phi) is 5.25. The van der Waals surface area contributed by atoms with E-state index in [0.29, 0.717) is 0 Å². The number of benzene rings is 1. The molecule has 1 aliphatic rings. The van der Waals surface area contributed by atoms with E-state index in [-0.39, 0.29) is 0 Å². The Morgan fingerprint density at radius 1 is 1.00 bits per heavy atom. The molecule has 2 unspecified atom stereocenters. The van der Waals surface area contributed by atoms with Crippen LogP contribution in [-0.4, -0.2) is 13.1 Å². The Bertz CT molecular complexity index is 341. The molecular formula is C17H27N. The molecule has 1 aromatic rings. The van der Waals surface area contributed by atoms with Crippen LogP contribution in [0.2, 0.25) is 0 Å². The molecule has 0 spiro atoms. The highest BCUT2D eigenvalue weighted by molar-refractivity contribution is 5.23. The van der Waals surface area contributed by atoms with E-state index in [2.05, 4.69) is 43.6 Å². The average molecular weight is 245 g/mol. The van der Waals surface area contributed by atoms with Crippen LogP contribution in [-0.2, 0) is 12.8 Å². The Morgan fingerprint density at radius 2 is 1.67 bits per heavy atom. The monoisotopic (exact) mass is 245 g/mol. The standard InChI is InChI=1S/C17H27N/c1-3-14-9-11-15(12-10-14)13-16-7-5-4-6-8-17(16)18-2/h9-12,16-18H,3-8,13H2,1-2H3. The van der Waals surface area contributed by atoms with E-state index in [9.17, 15) is 0 Å². The highest BCUT2D eigenvalue weighted by Gasteiger charge is 2.22. The van der Waals surface area contributed by atoms with Crippen molar-refractivity contribution in [3.05, 3.63) is 35.4 Å². The molecule has 1 nitrogen and oxygen atoms in total. The van der Waals surface area contributed by atoms with Crippen LogP contribution in [0.15, 0.2) is 24.3 Å². The lowest BCUT2D eigenvalue weighted by molar-refractivity contribution is 0.350. The molecule has 0 radical (unpaired) electrons. The van der Waals surface area contributed by atoms with Crippen molar-refractivity contribution in [2.75, 3.05) is 7.05 Å². The highest BCUT2D eigenvalue weighted by atomic mass is 14.9. The van der Waals surface area contributed by atoms with Gasteiger partial charge in [0.2, 0.25) is 0 Å². The molecule has 100 valence electrons. The normalized spacial score (nSPS) is 24.8. The second-order valence-corrected chi connectivity index (χ2v) is 5.67. The van der Waals surface area contributed by atoms with Crippen LogP contribution in [0.25, 0.3) is 0 Å². The topological polar surface area (TPSA) is 12.0 Å². The second kappa shape index (κ2) is 6.94. The van der Waals surface area contributed by atoms with Gasteiger partial charge in [-0.2, -0.15) is 0 Å². The van der Waals surface area contributed by atoms with Gasteiger partial charge in [-0.3, -0.25) is 0 Å². The SMILES string of the molecule is CCc1ccc(CC2CCCCCC2NC)cc1. The maximum atomic E-state index is 3.54. The van der Waals surface area contributed by atoms with Crippen molar-refractivity contribution in [3.63, 3.8) is 0 Å². The first kappa shape index (κ1) is 13.6. The van der Waals surface area contributed by atoms with Crippen molar-refractivity contribution in [3.8, 4) is 0 Å². The number of hydrogen-bond donors (Lipinski definition) is 1. The quantitative estimate of drug-likeness (QED) is 0.792. The van der Waals surface area contributed by atoms with Crippen molar-refractivity contribution in [2.45, 2.75) is 57.9 Å². The molecule has 0 bridgehead atoms. The predicted molar refractivity (Wildman–Crippen MR) is 78.9 cm³/mol. The van der Waals surface area contributed by atoms with Crippen LogP contribution >= 0.6 is 0 Å². The molecule has 1 N–H and O–H groups in total. The Morgan fingerprint density at radius 3 is 2.33 bits per heavy atom. The number of hydrogen-bond acceptors (Lipinski definition) is 1. The van der Waals surface area contributed by atoms with Crippen molar-refractivity contribution in [1.29, 1.82) is 0 Å². The minimum absolute atomic E-state index is 0.721. The summed E-state index contributed by atoms with van der Waals surface area (Å²) in [4.78, 5) is 0. The van der Waals surface area contributed by atoms with Gasteiger partial charge >= 0.3 is 0 Å². The Labute approximate surface area is 112 Å². The summed E-state index contributed by atoms with van der Waals surface area (Å²) >= 11 is 0. The molecule has 1 fully saturated rings. The van der Waals surface area contributed by atoms with Gasteiger partial charge in [0.05, 0.1) is 0 Å². The van der Waals surface area contributed by atoms with Crippen LogP contribution in [0.1, 0.15) is 50.2 Å². The third-order valence-corrected chi connectivity index (χ3v) is 4.46. The van der Waals surface area contributed by atoms with Crippen molar-refractivity contribution in [1.82, 2.24) is 5.32 Å². The third kappa shape index (κ3) is 3.58. The fraction of sp³-hybridized carbons (Fsp3) is 0.647. The summed E-state index contributed by atoms with van der Waals surface area (Å²) in [6, 6.07) is 9.96. The van der Waals surface area contributed by atoms with E-state index in [4.69, 9.17) is 0 Å². The summed E-state index contributed by atoms with van der Waals surface area (Å²) in [7, 11) is 2.13. The molecule has 0 aliphatic heterocycles. The molecule has 1 saturated carbocycles. The minimum Gasteiger partial charge on any atom is -0.317 e. The predicted octanol–water partition coefficient (Wildman–Crippen LogP) is 3.96. The zero-order valence-corrected chi connectivity index (χ0v) is 11.9. The third-order valence-electron chi connectivity index (χ3n) is 4.46. The van der Waals surface area contributed by atoms with Gasteiger partial charge < -0.3 is 5.32 Å². The van der Waals surface area contributed by atoms with Crippen LogP contribution < -0.4 is 5.32 Å². The number of aryl methyl sites for hydroxylation is 1. The summed E-state index contributed by atoms with van der Waals surface area (Å²) in [5, 5.41) is 3.54. The van der Waals surface area contributed by atoms with E-state index in [1.165, 1.54) is 49.7 Å². The summed E-state index contributed by atoms with van der Waals surface area (Å²) < 4.78 is 0. The van der Waals surface area contributed by atoms with Crippen LogP contribution in [0, 0.1) is 5.92 Å². The lowest BCUT2D eigenvalue weighted by Gasteiger charge is -2.24. The molecular weight excluding hydrogens is 218 g/mol. The van der Waals surface area contributed by atoms with Crippen molar-refractivity contribution >= 4 is 0 Å². The fourth-order valence-electron chi connectivity index (χ4n) is 3.22. The molecule has 0 saturated heterocycles. The fourth-order valence-corrected chi connectivity index (χ4v) is 3.22. The summed E-state index contributed by atoms with van der Waals surface area (Å²) in [6.07, 6.45) is 9.36. The van der Waals surface area contributed by atoms with E-state index in [1.807, 2.05) is 0 Å². The first-order valence-corrected chi connectivity index (χ1v) is 7.58. The van der Waals surface area contributed by atoms with Gasteiger partial charge in [-0.25, -0.2) is 0 Å². The van der Waals surface area contributed by atoms with E-state index in [0.717, 1.165) is 18.4 Å². The zero-order valence-electron chi connectivity index (χ0n) is 11.9. The lowest BCUT2D eigenvalue weighted by atomic mass is 9.88. The maximum Gasteiger partial charge on any atom is 0.00955 e. The van der Waals surface area contributed by atoms with E-state index in [1.54, 1.807) is 0 Å². The summed E-state index contributed by atoms with van der Waals surface area (Å²) in [5.41, 5.74) is 2.96. The second-order valence-electron chi connectivity index (χ2n) is 5.67. The van der Waals surface area contributed by atoms with Gasteiger partial charge in [-0.05, 0) is 49.8 Å². The zero-order chi connectivity index (χ0) is 12.8. The molecule has 1 aliphatic carbocycles. The van der Waals surface area contributed by atoms with Gasteiger partial charge in [0.1, 0.15) is 0 Å². The van der Waals surface area contributed by atoms with Gasteiger partial charge in [0.25, 0.3) is 0 Å². The largest absolute Gasteiger partial charge is 0.317 e. The molecule has 18 heavy (non-hydrogen) atoms. The summed E-state index contributed by atoms with van der Waals surface area (Å²) in [6.45, 7) is 2.22. The smallest absolute Gasteiger partial charge is 0.00955 e. The first-order chi connectivity index (χ1) is 8.83. The van der Waals surface area contributed by atoms with Crippen LogP contribution in [0.4, 0.5) is 0 Å². The molecule has 1 aromatic carbocycles. The maximum absolute atomic E-state index is 3.54. The lowest BCUT2D eigenvalue weighted by Crippen LogP contribution is -2.33. The minimum atomic E-state index is 0.721. The molecule has 2 atom stereocenters. The number of rotatable bonds is 4. The van der Waals surface area contributed by atoms with Crippen molar-refractivity contribution < 1.29 is 0 Å². The molecule has 0 amide bonds. The van der Waals surface area contributed by atoms with Crippen molar-refractivity contribution in [2.24, 2.45) is 5.92 Å². The van der Waals surface area contributed by atoms with Gasteiger partial charge in [-0.1, -0.05) is 50.5 Å². The Balaban J connectivity index is 2.00. The number of nitrogens with one attached hydrogen (secondary N) is 1. The summed E-state index contributed by atoms with van der Waals surface area (Å²) in [5.74, 6) is 0.824. The molecule has 2 rings (SSSR count). The van der Waals surface area contributed by atoms with Gasteiger partial charge in [0.15, 0.2) is 0 Å². The van der Waals surface area contributed by atoms with Gasteiger partial charge in [-0.15, -0.1) is 0 Å². The molecule has 0 aromatic heterocycles. The highest BCUT2D eigenvalue weighted by Crippen LogP contribution is 2.26. The first-order valence-electron chi connectivity index (χ1n) is 7.58. The van der Waals surface area contributed by atoms with Gasteiger partial charge in [0, 0.05) is 6.04 Å². The van der Waals surface area contributed by atoms with Crippen LogP contribution in [0.5, 0.6) is 0 Å². The van der Waals surface area contributed by atoms with Crippen LogP contribution in [0.3, 0.4) is 0 Å². The molecule has 0 heterocycles. The molecule has 1 heteroatoms.